The number of fused-ring (bicyclic) bond motifs is 1. The maximum atomic E-state index is 13.4. The molecule has 9 nitrogen and oxygen atoms in total. The molecule has 3 rings (SSSR count). The minimum atomic E-state index is -4.29. The predicted octanol–water partition coefficient (Wildman–Crippen LogP) is 2.47. The molecular formula is C21H28F2N4O5S. The molecule has 0 aromatic carbocycles. The number of anilines is 1. The molecule has 0 radical (unpaired) electrons. The normalized spacial score (nSPS) is 16.7. The van der Waals surface area contributed by atoms with Crippen LogP contribution in [0.1, 0.15) is 44.3 Å². The van der Waals surface area contributed by atoms with E-state index in [0.717, 1.165) is 10.5 Å². The highest BCUT2D eigenvalue weighted by atomic mass is 32.2. The molecule has 12 heteroatoms. The van der Waals surface area contributed by atoms with E-state index in [9.17, 15) is 27.1 Å². The molecule has 0 bridgehead atoms. The van der Waals surface area contributed by atoms with Gasteiger partial charge in [0.15, 0.2) is 0 Å². The van der Waals surface area contributed by atoms with Crippen molar-refractivity contribution in [3.05, 3.63) is 35.4 Å². The minimum absolute atomic E-state index is 0.0647. The molecule has 0 saturated carbocycles. The molecule has 1 aliphatic rings. The number of nitrogens with zero attached hydrogens (tertiary/aromatic N) is 4. The molecule has 0 spiro atoms. The zero-order valence-corrected chi connectivity index (χ0v) is 19.8. The number of aromatic nitrogens is 3. The number of sulfonamides is 1. The topological polar surface area (TPSA) is 115 Å². The number of esters is 1. The first-order chi connectivity index (χ1) is 15.3. The number of hydrogen-bond acceptors (Lipinski definition) is 7. The van der Waals surface area contributed by atoms with Gasteiger partial charge in [0.25, 0.3) is 10.0 Å². The maximum Gasteiger partial charge on any atom is 0.333 e. The summed E-state index contributed by atoms with van der Waals surface area (Å²) in [5.41, 5.74) is 0.849. The van der Waals surface area contributed by atoms with Gasteiger partial charge in [0.1, 0.15) is 4.90 Å². The van der Waals surface area contributed by atoms with Crippen LogP contribution >= 0.6 is 0 Å². The Morgan fingerprint density at radius 2 is 2.06 bits per heavy atom. The Hall–Kier alpha value is -2.60. The zero-order valence-electron chi connectivity index (χ0n) is 19.0. The van der Waals surface area contributed by atoms with Crippen molar-refractivity contribution in [2.75, 3.05) is 24.1 Å². The van der Waals surface area contributed by atoms with Crippen LogP contribution in [0.2, 0.25) is 0 Å². The lowest BCUT2D eigenvalue weighted by atomic mass is 9.97. The van der Waals surface area contributed by atoms with Crippen LogP contribution in [-0.4, -0.2) is 54.0 Å². The van der Waals surface area contributed by atoms with E-state index in [1.165, 1.54) is 13.1 Å². The standard InChI is InChI=1S/C21H28F2N4O5S/c1-13-18(10-26(25-13)20(22)23)33(30,31)27-9-15(11-28)5-16-17(27)6-14(8-24-16)7-19(29)32-12-21(2,3)4/h6,8,10,15,20,28H,5,7,9,11-12H2,1-4H3/t15-/m0/s1. The second-order valence-corrected chi connectivity index (χ2v) is 11.2. The van der Waals surface area contributed by atoms with E-state index in [-0.39, 0.29) is 52.6 Å². The highest BCUT2D eigenvalue weighted by Gasteiger charge is 2.36. The van der Waals surface area contributed by atoms with Crippen molar-refractivity contribution in [3.8, 4) is 0 Å². The van der Waals surface area contributed by atoms with Crippen LogP contribution in [0.3, 0.4) is 0 Å². The van der Waals surface area contributed by atoms with Gasteiger partial charge < -0.3 is 9.84 Å². The van der Waals surface area contributed by atoms with E-state index < -0.39 is 28.5 Å². The molecule has 0 saturated heterocycles. The van der Waals surface area contributed by atoms with Gasteiger partial charge in [-0.3, -0.25) is 14.1 Å². The number of aliphatic hydroxyl groups is 1. The molecule has 0 unspecified atom stereocenters. The summed E-state index contributed by atoms with van der Waals surface area (Å²) < 4.78 is 59.6. The average molecular weight is 487 g/mol. The number of carbonyl (C=O) groups is 1. The van der Waals surface area contributed by atoms with Gasteiger partial charge >= 0.3 is 12.5 Å². The Morgan fingerprint density at radius 3 is 2.64 bits per heavy atom. The SMILES string of the molecule is Cc1nn(C(F)F)cc1S(=O)(=O)N1C[C@@H](CO)Cc2ncc(CC(=O)OCC(C)(C)C)cc21. The average Bonchev–Trinajstić information content (AvgIpc) is 3.14. The summed E-state index contributed by atoms with van der Waals surface area (Å²) in [7, 11) is -4.29. The van der Waals surface area contributed by atoms with E-state index in [1.807, 2.05) is 20.8 Å². The molecule has 3 heterocycles. The smallest absolute Gasteiger partial charge is 0.333 e. The lowest BCUT2D eigenvalue weighted by Crippen LogP contribution is -2.41. The number of alkyl halides is 2. The maximum absolute atomic E-state index is 13.4. The molecule has 2 aromatic rings. The van der Waals surface area contributed by atoms with Crippen molar-refractivity contribution >= 4 is 21.7 Å². The fourth-order valence-corrected chi connectivity index (χ4v) is 5.18. The van der Waals surface area contributed by atoms with Crippen LogP contribution in [0, 0.1) is 18.3 Å². The van der Waals surface area contributed by atoms with E-state index in [2.05, 4.69) is 10.1 Å². The number of ether oxygens (including phenoxy) is 1. The molecule has 0 aliphatic carbocycles. The molecule has 1 atom stereocenters. The Bertz CT molecular complexity index is 1130. The highest BCUT2D eigenvalue weighted by Crippen LogP contribution is 2.35. The summed E-state index contributed by atoms with van der Waals surface area (Å²) in [6.45, 7) is 4.03. The van der Waals surface area contributed by atoms with Crippen molar-refractivity contribution in [1.29, 1.82) is 0 Å². The summed E-state index contributed by atoms with van der Waals surface area (Å²) in [5, 5.41) is 13.3. The van der Waals surface area contributed by atoms with E-state index in [4.69, 9.17) is 4.74 Å². The predicted molar refractivity (Wildman–Crippen MR) is 115 cm³/mol. The van der Waals surface area contributed by atoms with Gasteiger partial charge in [-0.25, -0.2) is 13.1 Å². The Balaban J connectivity index is 1.96. The molecular weight excluding hydrogens is 458 g/mol. The fourth-order valence-electron chi connectivity index (χ4n) is 3.47. The molecule has 1 aliphatic heterocycles. The van der Waals surface area contributed by atoms with Crippen molar-refractivity contribution in [2.45, 2.75) is 52.0 Å². The van der Waals surface area contributed by atoms with Crippen LogP contribution in [0.4, 0.5) is 14.5 Å². The quantitative estimate of drug-likeness (QED) is 0.598. The number of aliphatic hydroxyl groups excluding tert-OH is 1. The number of pyridine rings is 1. The summed E-state index contributed by atoms with van der Waals surface area (Å²) in [6, 6.07) is 1.54. The van der Waals surface area contributed by atoms with Gasteiger partial charge in [0.05, 0.1) is 36.3 Å². The first-order valence-corrected chi connectivity index (χ1v) is 11.9. The second-order valence-electron chi connectivity index (χ2n) is 9.33. The lowest BCUT2D eigenvalue weighted by Gasteiger charge is -2.34. The number of halogens is 2. The Labute approximate surface area is 191 Å². The van der Waals surface area contributed by atoms with Crippen LogP contribution < -0.4 is 4.31 Å². The highest BCUT2D eigenvalue weighted by molar-refractivity contribution is 7.92. The fraction of sp³-hybridized carbons (Fsp3) is 0.571. The molecule has 0 amide bonds. The van der Waals surface area contributed by atoms with Gasteiger partial charge in [0, 0.05) is 25.3 Å². The Kier molecular flexibility index (Phi) is 7.08. The van der Waals surface area contributed by atoms with Crippen LogP contribution in [0.25, 0.3) is 0 Å². The summed E-state index contributed by atoms with van der Waals surface area (Å²) in [4.78, 5) is 16.2. The van der Waals surface area contributed by atoms with Crippen LogP contribution in [0.15, 0.2) is 23.4 Å². The Morgan fingerprint density at radius 1 is 1.36 bits per heavy atom. The number of aryl methyl sites for hydroxylation is 1. The first-order valence-electron chi connectivity index (χ1n) is 10.4. The number of rotatable bonds is 7. The second kappa shape index (κ2) is 9.34. The third kappa shape index (κ3) is 5.67. The summed E-state index contributed by atoms with van der Waals surface area (Å²) >= 11 is 0. The van der Waals surface area contributed by atoms with Gasteiger partial charge in [-0.2, -0.15) is 13.9 Å². The lowest BCUT2D eigenvalue weighted by molar-refractivity contribution is -0.145. The first kappa shape index (κ1) is 25.0. The monoisotopic (exact) mass is 486 g/mol. The van der Waals surface area contributed by atoms with Gasteiger partial charge in [0.2, 0.25) is 0 Å². The zero-order chi connectivity index (χ0) is 24.6. The van der Waals surface area contributed by atoms with E-state index in [0.29, 0.717) is 17.7 Å². The van der Waals surface area contributed by atoms with Crippen molar-refractivity contribution in [1.82, 2.24) is 14.8 Å². The van der Waals surface area contributed by atoms with E-state index >= 15 is 0 Å². The molecule has 182 valence electrons. The molecule has 2 aromatic heterocycles. The van der Waals surface area contributed by atoms with Crippen molar-refractivity contribution in [2.24, 2.45) is 11.3 Å². The number of carbonyl (C=O) groups excluding carboxylic acids is 1. The van der Waals surface area contributed by atoms with Gasteiger partial charge in [-0.05, 0) is 30.4 Å². The van der Waals surface area contributed by atoms with Crippen LogP contribution in [0.5, 0.6) is 0 Å². The molecule has 1 N–H and O–H groups in total. The van der Waals surface area contributed by atoms with E-state index in [1.54, 1.807) is 6.07 Å². The molecule has 33 heavy (non-hydrogen) atoms. The van der Waals surface area contributed by atoms with Gasteiger partial charge in [-0.15, -0.1) is 0 Å². The summed E-state index contributed by atoms with van der Waals surface area (Å²) in [5.74, 6) is -0.896. The minimum Gasteiger partial charge on any atom is -0.465 e. The van der Waals surface area contributed by atoms with Crippen molar-refractivity contribution in [3.63, 3.8) is 0 Å². The van der Waals surface area contributed by atoms with Crippen LogP contribution in [-0.2, 0) is 32.4 Å². The third-order valence-electron chi connectivity index (χ3n) is 5.09. The number of hydrogen-bond donors (Lipinski definition) is 1. The van der Waals surface area contributed by atoms with Gasteiger partial charge in [-0.1, -0.05) is 20.8 Å². The third-order valence-corrected chi connectivity index (χ3v) is 6.97. The summed E-state index contributed by atoms with van der Waals surface area (Å²) in [6.07, 6.45) is 2.50. The largest absolute Gasteiger partial charge is 0.465 e. The molecule has 0 fully saturated rings. The van der Waals surface area contributed by atoms with Crippen molar-refractivity contribution < 1.29 is 31.8 Å².